The highest BCUT2D eigenvalue weighted by Gasteiger charge is 2.30. The van der Waals surface area contributed by atoms with Crippen LogP contribution in [-0.4, -0.2) is 38.3 Å². The van der Waals surface area contributed by atoms with Crippen LogP contribution in [0.1, 0.15) is 25.1 Å². The second-order valence-corrected chi connectivity index (χ2v) is 7.36. The first kappa shape index (κ1) is 22.8. The molecule has 2 aromatic rings. The van der Waals surface area contributed by atoms with Gasteiger partial charge in [0, 0.05) is 11.7 Å². The van der Waals surface area contributed by atoms with Crippen molar-refractivity contribution in [3.05, 3.63) is 41.7 Å². The molecule has 3 N–H and O–H groups in total. The normalized spacial score (nSPS) is 11.6. The van der Waals surface area contributed by atoms with Crippen LogP contribution in [0.15, 0.2) is 35.6 Å². The number of hydrogen-bond acceptors (Lipinski definition) is 5. The number of nitrogens with one attached hydrogen (secondary N) is 2. The zero-order valence-corrected chi connectivity index (χ0v) is 16.6. The van der Waals surface area contributed by atoms with Gasteiger partial charge < -0.3 is 20.3 Å². The van der Waals surface area contributed by atoms with Crippen LogP contribution in [0.3, 0.4) is 0 Å². The van der Waals surface area contributed by atoms with Crippen molar-refractivity contribution >= 4 is 29.3 Å². The molecule has 0 atom stereocenters. The summed E-state index contributed by atoms with van der Waals surface area (Å²) in [6.45, 7) is 3.21. The summed E-state index contributed by atoms with van der Waals surface area (Å²) < 4.78 is 39.8. The van der Waals surface area contributed by atoms with Gasteiger partial charge >= 0.3 is 6.18 Å². The Morgan fingerprint density at radius 3 is 2.62 bits per heavy atom. The highest BCUT2D eigenvalue weighted by molar-refractivity contribution is 7.99. The largest absolute Gasteiger partial charge is 0.416 e. The van der Waals surface area contributed by atoms with Crippen LogP contribution in [-0.2, 0) is 28.9 Å². The minimum Gasteiger partial charge on any atom is -0.390 e. The number of rotatable bonds is 8. The number of benzene rings is 1. The fourth-order valence-electron chi connectivity index (χ4n) is 2.41. The van der Waals surface area contributed by atoms with Crippen molar-refractivity contribution in [1.29, 1.82) is 0 Å². The van der Waals surface area contributed by atoms with Gasteiger partial charge in [-0.05, 0) is 32.0 Å². The number of imidazole rings is 1. The zero-order chi connectivity index (χ0) is 21.6. The van der Waals surface area contributed by atoms with E-state index in [1.165, 1.54) is 22.9 Å². The SMILES string of the molecule is CC(C)NC(=O)Cn1c(CO)cnc1SCC(=O)Nc1cccc(C(F)(F)F)c1. The van der Waals surface area contributed by atoms with Gasteiger partial charge in [0.05, 0.1) is 29.8 Å². The number of hydrogen-bond donors (Lipinski definition) is 3. The average Bonchev–Trinajstić information content (AvgIpc) is 3.00. The van der Waals surface area contributed by atoms with E-state index in [0.717, 1.165) is 23.9 Å². The molecule has 1 aromatic carbocycles. The fraction of sp³-hybridized carbons (Fsp3) is 0.389. The van der Waals surface area contributed by atoms with E-state index < -0.39 is 17.6 Å². The van der Waals surface area contributed by atoms with Crippen molar-refractivity contribution in [2.24, 2.45) is 0 Å². The summed E-state index contributed by atoms with van der Waals surface area (Å²) in [6.07, 6.45) is -3.10. The molecule has 0 saturated heterocycles. The number of aromatic nitrogens is 2. The number of aliphatic hydroxyl groups excluding tert-OH is 1. The Kier molecular flexibility index (Phi) is 7.68. The zero-order valence-electron chi connectivity index (χ0n) is 15.8. The van der Waals surface area contributed by atoms with E-state index in [9.17, 15) is 27.9 Å². The Morgan fingerprint density at radius 1 is 1.28 bits per heavy atom. The van der Waals surface area contributed by atoms with Gasteiger partial charge in [-0.2, -0.15) is 13.2 Å². The first-order chi connectivity index (χ1) is 13.6. The standard InChI is InChI=1S/C18H21F3N4O3S/c1-11(2)23-15(27)8-25-14(9-26)7-22-17(25)29-10-16(28)24-13-5-3-4-12(6-13)18(19,20)21/h3-7,11,26H,8-10H2,1-2H3,(H,23,27)(H,24,28). The fourth-order valence-corrected chi connectivity index (χ4v) is 3.21. The van der Waals surface area contributed by atoms with Gasteiger partial charge in [0.2, 0.25) is 11.8 Å². The Morgan fingerprint density at radius 2 is 2.00 bits per heavy atom. The molecule has 0 unspecified atom stereocenters. The molecule has 7 nitrogen and oxygen atoms in total. The van der Waals surface area contributed by atoms with Crippen LogP contribution in [0.25, 0.3) is 0 Å². The number of nitrogens with zero attached hydrogens (tertiary/aromatic N) is 2. The lowest BCUT2D eigenvalue weighted by molar-refractivity contribution is -0.137. The smallest absolute Gasteiger partial charge is 0.390 e. The van der Waals surface area contributed by atoms with Crippen molar-refractivity contribution in [3.8, 4) is 0 Å². The van der Waals surface area contributed by atoms with Crippen molar-refractivity contribution in [1.82, 2.24) is 14.9 Å². The molecule has 1 aromatic heterocycles. The topological polar surface area (TPSA) is 96.2 Å². The molecule has 0 aliphatic carbocycles. The van der Waals surface area contributed by atoms with E-state index >= 15 is 0 Å². The molecule has 29 heavy (non-hydrogen) atoms. The monoisotopic (exact) mass is 430 g/mol. The van der Waals surface area contributed by atoms with Crippen LogP contribution < -0.4 is 10.6 Å². The van der Waals surface area contributed by atoms with Crippen molar-refractivity contribution in [2.75, 3.05) is 11.1 Å². The van der Waals surface area contributed by atoms with Crippen molar-refractivity contribution in [2.45, 2.75) is 44.4 Å². The van der Waals surface area contributed by atoms with Crippen LogP contribution in [0.5, 0.6) is 0 Å². The number of carbonyl (C=O) groups excluding carboxylic acids is 2. The predicted octanol–water partition coefficient (Wildman–Crippen LogP) is 2.65. The maximum absolute atomic E-state index is 12.8. The molecule has 0 radical (unpaired) electrons. The van der Waals surface area contributed by atoms with Crippen molar-refractivity contribution in [3.63, 3.8) is 0 Å². The number of amides is 2. The quantitative estimate of drug-likeness (QED) is 0.560. The van der Waals surface area contributed by atoms with Crippen LogP contribution in [0.2, 0.25) is 0 Å². The summed E-state index contributed by atoms with van der Waals surface area (Å²) in [5, 5.41) is 14.9. The van der Waals surface area contributed by atoms with Gasteiger partial charge in [-0.3, -0.25) is 9.59 Å². The summed E-state index contributed by atoms with van der Waals surface area (Å²) in [6, 6.07) is 4.28. The lowest BCUT2D eigenvalue weighted by Gasteiger charge is -2.13. The molecular formula is C18H21F3N4O3S. The number of aliphatic hydroxyl groups is 1. The first-order valence-corrected chi connectivity index (χ1v) is 9.63. The average molecular weight is 430 g/mol. The lowest BCUT2D eigenvalue weighted by atomic mass is 10.2. The molecular weight excluding hydrogens is 409 g/mol. The van der Waals surface area contributed by atoms with Gasteiger partial charge in [-0.15, -0.1) is 0 Å². The number of alkyl halides is 3. The molecule has 158 valence electrons. The van der Waals surface area contributed by atoms with Crippen LogP contribution in [0, 0.1) is 0 Å². The van der Waals surface area contributed by atoms with Crippen LogP contribution >= 0.6 is 11.8 Å². The molecule has 0 bridgehead atoms. The second-order valence-electron chi connectivity index (χ2n) is 6.41. The summed E-state index contributed by atoms with van der Waals surface area (Å²) in [5.74, 6) is -0.937. The second kappa shape index (κ2) is 9.79. The maximum atomic E-state index is 12.8. The molecule has 0 fully saturated rings. The van der Waals surface area contributed by atoms with Gasteiger partial charge in [0.15, 0.2) is 5.16 Å². The minimum atomic E-state index is -4.50. The van der Waals surface area contributed by atoms with E-state index in [0.29, 0.717) is 10.9 Å². The van der Waals surface area contributed by atoms with Gasteiger partial charge in [-0.1, -0.05) is 17.8 Å². The van der Waals surface area contributed by atoms with E-state index in [4.69, 9.17) is 0 Å². The summed E-state index contributed by atoms with van der Waals surface area (Å²) >= 11 is 1.01. The molecule has 1 heterocycles. The van der Waals surface area contributed by atoms with Gasteiger partial charge in [0.25, 0.3) is 0 Å². The highest BCUT2D eigenvalue weighted by Crippen LogP contribution is 2.30. The van der Waals surface area contributed by atoms with Gasteiger partial charge in [0.1, 0.15) is 6.54 Å². The Bertz CT molecular complexity index is 868. The molecule has 0 aliphatic rings. The predicted molar refractivity (Wildman–Crippen MR) is 102 cm³/mol. The Balaban J connectivity index is 2.02. The van der Waals surface area contributed by atoms with E-state index in [1.54, 1.807) is 0 Å². The molecule has 2 rings (SSSR count). The third-order valence-corrected chi connectivity index (χ3v) is 4.61. The number of halogens is 3. The Labute approximate surface area is 169 Å². The third-order valence-electron chi connectivity index (χ3n) is 3.62. The number of thioether (sulfide) groups is 1. The number of anilines is 1. The van der Waals surface area contributed by atoms with Crippen LogP contribution in [0.4, 0.5) is 18.9 Å². The summed E-state index contributed by atoms with van der Waals surface area (Å²) in [4.78, 5) is 28.2. The van der Waals surface area contributed by atoms with E-state index in [-0.39, 0.29) is 36.5 Å². The number of carbonyl (C=O) groups is 2. The van der Waals surface area contributed by atoms with Crippen molar-refractivity contribution < 1.29 is 27.9 Å². The van der Waals surface area contributed by atoms with Gasteiger partial charge in [-0.25, -0.2) is 4.98 Å². The minimum absolute atomic E-state index is 0.0288. The molecule has 0 spiro atoms. The lowest BCUT2D eigenvalue weighted by Crippen LogP contribution is -2.33. The van der Waals surface area contributed by atoms with E-state index in [1.807, 2.05) is 13.8 Å². The molecule has 0 aliphatic heterocycles. The third kappa shape index (κ3) is 6.79. The molecule has 2 amide bonds. The Hall–Kier alpha value is -2.53. The molecule has 11 heteroatoms. The maximum Gasteiger partial charge on any atom is 0.416 e. The first-order valence-electron chi connectivity index (χ1n) is 8.64. The highest BCUT2D eigenvalue weighted by atomic mass is 32.2. The summed E-state index contributed by atoms with van der Waals surface area (Å²) in [7, 11) is 0. The van der Waals surface area contributed by atoms with E-state index in [2.05, 4.69) is 15.6 Å². The molecule has 0 saturated carbocycles. The summed E-state index contributed by atoms with van der Waals surface area (Å²) in [5.41, 5.74) is -0.423.